The predicted molar refractivity (Wildman–Crippen MR) is 82.0 cm³/mol. The topological polar surface area (TPSA) is 56.0 Å². The van der Waals surface area contributed by atoms with E-state index in [0.717, 1.165) is 28.3 Å². The highest BCUT2D eigenvalue weighted by atomic mass is 16.7. The smallest absolute Gasteiger partial charge is 0.231 e. The minimum Gasteiger partial charge on any atom is -0.454 e. The van der Waals surface area contributed by atoms with Crippen LogP contribution in [0.4, 0.5) is 0 Å². The van der Waals surface area contributed by atoms with Crippen molar-refractivity contribution in [3.63, 3.8) is 0 Å². The van der Waals surface area contributed by atoms with Crippen LogP contribution in [0.15, 0.2) is 42.6 Å². The van der Waals surface area contributed by atoms with Crippen LogP contribution in [0.25, 0.3) is 16.9 Å². The van der Waals surface area contributed by atoms with Crippen molar-refractivity contribution < 1.29 is 14.6 Å². The number of fused-ring (bicyclic) bond motifs is 2. The summed E-state index contributed by atoms with van der Waals surface area (Å²) < 4.78 is 12.7. The third kappa shape index (κ3) is 1.94. The number of hydrogen-bond acceptors (Lipinski definition) is 4. The van der Waals surface area contributed by atoms with E-state index in [-0.39, 0.29) is 6.79 Å². The SMILES string of the molecule is CCC(O)c1c(-c2ccc3c(c2)OCO3)nc2ccccn12. The summed E-state index contributed by atoms with van der Waals surface area (Å²) in [6.07, 6.45) is 1.98. The third-order valence-electron chi connectivity index (χ3n) is 3.92. The first-order chi connectivity index (χ1) is 10.8. The quantitative estimate of drug-likeness (QED) is 0.806. The molecule has 1 N–H and O–H groups in total. The maximum Gasteiger partial charge on any atom is 0.231 e. The molecular formula is C17H16N2O3. The minimum atomic E-state index is -0.571. The van der Waals surface area contributed by atoms with Crippen molar-refractivity contribution in [3.8, 4) is 22.8 Å². The van der Waals surface area contributed by atoms with Crippen LogP contribution in [0, 0.1) is 0 Å². The zero-order valence-corrected chi connectivity index (χ0v) is 12.2. The number of imidazole rings is 1. The highest BCUT2D eigenvalue weighted by Crippen LogP contribution is 2.38. The number of ether oxygens (including phenoxy) is 2. The van der Waals surface area contributed by atoms with Crippen molar-refractivity contribution in [1.82, 2.24) is 9.38 Å². The van der Waals surface area contributed by atoms with Crippen LogP contribution >= 0.6 is 0 Å². The van der Waals surface area contributed by atoms with Gasteiger partial charge in [0.05, 0.1) is 17.5 Å². The van der Waals surface area contributed by atoms with Crippen LogP contribution in [-0.2, 0) is 0 Å². The van der Waals surface area contributed by atoms with Crippen LogP contribution < -0.4 is 9.47 Å². The van der Waals surface area contributed by atoms with E-state index in [2.05, 4.69) is 4.98 Å². The lowest BCUT2D eigenvalue weighted by Gasteiger charge is -2.11. The van der Waals surface area contributed by atoms with Gasteiger partial charge in [-0.05, 0) is 36.8 Å². The number of nitrogens with zero attached hydrogens (tertiary/aromatic N) is 2. The van der Waals surface area contributed by atoms with Crippen molar-refractivity contribution in [2.24, 2.45) is 0 Å². The number of aliphatic hydroxyl groups is 1. The summed E-state index contributed by atoms with van der Waals surface area (Å²) in [6, 6.07) is 11.5. The maximum absolute atomic E-state index is 10.4. The monoisotopic (exact) mass is 296 g/mol. The van der Waals surface area contributed by atoms with Crippen LogP contribution in [0.5, 0.6) is 11.5 Å². The summed E-state index contributed by atoms with van der Waals surface area (Å²) in [6.45, 7) is 2.20. The molecule has 0 saturated heterocycles. The summed E-state index contributed by atoms with van der Waals surface area (Å²) in [4.78, 5) is 4.68. The molecule has 0 saturated carbocycles. The Hall–Kier alpha value is -2.53. The molecule has 2 aromatic heterocycles. The van der Waals surface area contributed by atoms with E-state index in [1.165, 1.54) is 0 Å². The van der Waals surface area contributed by atoms with Gasteiger partial charge in [-0.2, -0.15) is 0 Å². The molecule has 3 heterocycles. The average Bonchev–Trinajstić information content (AvgIpc) is 3.17. The molecule has 0 radical (unpaired) electrons. The highest BCUT2D eigenvalue weighted by molar-refractivity contribution is 5.70. The number of pyridine rings is 1. The Morgan fingerprint density at radius 3 is 2.95 bits per heavy atom. The lowest BCUT2D eigenvalue weighted by Crippen LogP contribution is -2.02. The van der Waals surface area contributed by atoms with Gasteiger partial charge in [-0.25, -0.2) is 4.98 Å². The van der Waals surface area contributed by atoms with Gasteiger partial charge in [0.1, 0.15) is 5.65 Å². The molecule has 1 unspecified atom stereocenters. The van der Waals surface area contributed by atoms with Crippen LogP contribution in [0.3, 0.4) is 0 Å². The second kappa shape index (κ2) is 5.03. The summed E-state index contributed by atoms with van der Waals surface area (Å²) in [5.41, 5.74) is 3.31. The Morgan fingerprint density at radius 1 is 1.23 bits per heavy atom. The summed E-state index contributed by atoms with van der Waals surface area (Å²) >= 11 is 0. The van der Waals surface area contributed by atoms with E-state index in [9.17, 15) is 5.11 Å². The molecule has 5 nitrogen and oxygen atoms in total. The van der Waals surface area contributed by atoms with E-state index in [1.807, 2.05) is 53.9 Å². The summed E-state index contributed by atoms with van der Waals surface area (Å²) in [5, 5.41) is 10.4. The molecule has 1 aliphatic heterocycles. The minimum absolute atomic E-state index is 0.244. The van der Waals surface area contributed by atoms with Gasteiger partial charge in [-0.1, -0.05) is 13.0 Å². The molecule has 3 aromatic rings. The molecule has 5 heteroatoms. The molecule has 0 spiro atoms. The fraction of sp³-hybridized carbons (Fsp3) is 0.235. The van der Waals surface area contributed by atoms with Crippen LogP contribution in [0.2, 0.25) is 0 Å². The molecular weight excluding hydrogens is 280 g/mol. The molecule has 0 aliphatic carbocycles. The highest BCUT2D eigenvalue weighted by Gasteiger charge is 2.21. The van der Waals surface area contributed by atoms with E-state index in [4.69, 9.17) is 9.47 Å². The normalized spacial score (nSPS) is 14.5. The molecule has 4 rings (SSSR count). The zero-order chi connectivity index (χ0) is 15.1. The molecule has 112 valence electrons. The molecule has 1 aliphatic rings. The van der Waals surface area contributed by atoms with Crippen LogP contribution in [0.1, 0.15) is 25.1 Å². The van der Waals surface area contributed by atoms with Gasteiger partial charge in [0.15, 0.2) is 11.5 Å². The predicted octanol–water partition coefficient (Wildman–Crippen LogP) is 3.17. The molecule has 22 heavy (non-hydrogen) atoms. The van der Waals surface area contributed by atoms with Crippen LogP contribution in [-0.4, -0.2) is 21.3 Å². The fourth-order valence-corrected chi connectivity index (χ4v) is 2.78. The Kier molecular flexibility index (Phi) is 3.01. The van der Waals surface area contributed by atoms with Crippen molar-refractivity contribution in [2.75, 3.05) is 6.79 Å². The van der Waals surface area contributed by atoms with Gasteiger partial charge >= 0.3 is 0 Å². The average molecular weight is 296 g/mol. The van der Waals surface area contributed by atoms with Gasteiger partial charge in [0, 0.05) is 11.8 Å². The molecule has 0 bridgehead atoms. The first kappa shape index (κ1) is 13.2. The van der Waals surface area contributed by atoms with Crippen molar-refractivity contribution in [2.45, 2.75) is 19.4 Å². The summed E-state index contributed by atoms with van der Waals surface area (Å²) in [5.74, 6) is 1.46. The first-order valence-electron chi connectivity index (χ1n) is 7.33. The summed E-state index contributed by atoms with van der Waals surface area (Å²) in [7, 11) is 0. The molecule has 1 aromatic carbocycles. The number of rotatable bonds is 3. The van der Waals surface area contributed by atoms with Crippen molar-refractivity contribution in [3.05, 3.63) is 48.3 Å². The number of aromatic nitrogens is 2. The Labute approximate surface area is 127 Å². The third-order valence-corrected chi connectivity index (χ3v) is 3.92. The number of benzene rings is 1. The maximum atomic E-state index is 10.4. The van der Waals surface area contributed by atoms with E-state index >= 15 is 0 Å². The molecule has 1 atom stereocenters. The Morgan fingerprint density at radius 2 is 2.09 bits per heavy atom. The fourth-order valence-electron chi connectivity index (χ4n) is 2.78. The standard InChI is InChI=1S/C17H16N2O3/c1-2-12(20)17-16(18-15-5-3-4-8-19(15)17)11-6-7-13-14(9-11)22-10-21-13/h3-9,12,20H,2,10H2,1H3. The van der Waals surface area contributed by atoms with Crippen molar-refractivity contribution in [1.29, 1.82) is 0 Å². The van der Waals surface area contributed by atoms with Gasteiger partial charge < -0.3 is 19.0 Å². The Balaban J connectivity index is 1.94. The van der Waals surface area contributed by atoms with Gasteiger partial charge in [-0.15, -0.1) is 0 Å². The van der Waals surface area contributed by atoms with E-state index in [1.54, 1.807) is 0 Å². The van der Waals surface area contributed by atoms with Crippen molar-refractivity contribution >= 4 is 5.65 Å². The first-order valence-corrected chi connectivity index (χ1v) is 7.33. The second-order valence-corrected chi connectivity index (χ2v) is 5.27. The van der Waals surface area contributed by atoms with Gasteiger partial charge in [0.2, 0.25) is 6.79 Å². The van der Waals surface area contributed by atoms with E-state index < -0.39 is 6.10 Å². The van der Waals surface area contributed by atoms with E-state index in [0.29, 0.717) is 12.2 Å². The molecule has 0 fully saturated rings. The van der Waals surface area contributed by atoms with Gasteiger partial charge in [0.25, 0.3) is 0 Å². The number of aliphatic hydroxyl groups excluding tert-OH is 1. The lowest BCUT2D eigenvalue weighted by molar-refractivity contribution is 0.168. The van der Waals surface area contributed by atoms with Gasteiger partial charge in [-0.3, -0.25) is 0 Å². The second-order valence-electron chi connectivity index (χ2n) is 5.27. The number of hydrogen-bond donors (Lipinski definition) is 1. The zero-order valence-electron chi connectivity index (χ0n) is 12.2. The largest absolute Gasteiger partial charge is 0.454 e. The Bertz CT molecular complexity index is 841. The molecule has 0 amide bonds. The lowest BCUT2D eigenvalue weighted by atomic mass is 10.1.